The molecule has 1 aliphatic carbocycles. The molecule has 2 heteroatoms. The minimum Gasteiger partial charge on any atom is -0.307 e. The minimum absolute atomic E-state index is 0.332. The fraction of sp³-hybridized carbons (Fsp3) is 0.500. The molecule has 1 aromatic carbocycles. The van der Waals surface area contributed by atoms with E-state index >= 15 is 0 Å². The Morgan fingerprint density at radius 2 is 2.21 bits per heavy atom. The molecule has 14 heavy (non-hydrogen) atoms. The summed E-state index contributed by atoms with van der Waals surface area (Å²) in [6.07, 6.45) is 5.18. The van der Waals surface area contributed by atoms with E-state index < -0.39 is 0 Å². The molecule has 0 saturated carbocycles. The van der Waals surface area contributed by atoms with Crippen molar-refractivity contribution in [1.82, 2.24) is 5.32 Å². The quantitative estimate of drug-likeness (QED) is 0.748. The van der Waals surface area contributed by atoms with E-state index in [4.69, 9.17) is 0 Å². The maximum absolute atomic E-state index is 3.69. The average molecular weight is 252 g/mol. The second-order valence-corrected chi connectivity index (χ2v) is 5.33. The van der Waals surface area contributed by atoms with Gasteiger partial charge in [0.15, 0.2) is 0 Å². The zero-order chi connectivity index (χ0) is 9.60. The Morgan fingerprint density at radius 1 is 1.29 bits per heavy atom. The molecule has 1 atom stereocenters. The summed E-state index contributed by atoms with van der Waals surface area (Å²) in [6.45, 7) is 1.19. The van der Waals surface area contributed by atoms with Crippen LogP contribution in [0.15, 0.2) is 22.7 Å². The summed E-state index contributed by atoms with van der Waals surface area (Å²) in [5, 5.41) is 3.69. The molecule has 0 aromatic heterocycles. The molecule has 1 heterocycles. The highest BCUT2D eigenvalue weighted by Gasteiger charge is 2.40. The highest BCUT2D eigenvalue weighted by molar-refractivity contribution is 9.10. The van der Waals surface area contributed by atoms with Crippen LogP contribution in [0, 0.1) is 0 Å². The Morgan fingerprint density at radius 3 is 3.00 bits per heavy atom. The van der Waals surface area contributed by atoms with Crippen LogP contribution in [-0.4, -0.2) is 6.54 Å². The first-order valence-electron chi connectivity index (χ1n) is 5.34. The molecule has 1 saturated heterocycles. The largest absolute Gasteiger partial charge is 0.307 e. The van der Waals surface area contributed by atoms with E-state index in [0.29, 0.717) is 5.54 Å². The molecule has 1 fully saturated rings. The molecule has 0 bridgehead atoms. The second kappa shape index (κ2) is 3.07. The van der Waals surface area contributed by atoms with E-state index in [1.165, 1.54) is 36.7 Å². The van der Waals surface area contributed by atoms with Gasteiger partial charge in [0, 0.05) is 10.0 Å². The molecule has 0 unspecified atom stereocenters. The Balaban J connectivity index is 2.12. The third kappa shape index (κ3) is 1.17. The van der Waals surface area contributed by atoms with Gasteiger partial charge >= 0.3 is 0 Å². The molecule has 1 nitrogen and oxygen atoms in total. The van der Waals surface area contributed by atoms with Gasteiger partial charge in [-0.25, -0.2) is 0 Å². The Labute approximate surface area is 93.0 Å². The lowest BCUT2D eigenvalue weighted by Gasteiger charge is -2.25. The Hall–Kier alpha value is -0.340. The van der Waals surface area contributed by atoms with Gasteiger partial charge in [0.25, 0.3) is 0 Å². The van der Waals surface area contributed by atoms with Crippen LogP contribution in [0.25, 0.3) is 0 Å². The molecule has 2 aliphatic rings. The maximum Gasteiger partial charge on any atom is 0.0441 e. The number of benzene rings is 1. The van der Waals surface area contributed by atoms with Gasteiger partial charge in [-0.1, -0.05) is 22.0 Å². The predicted octanol–water partition coefficient (Wildman–Crippen LogP) is 2.97. The van der Waals surface area contributed by atoms with Crippen molar-refractivity contribution in [2.45, 2.75) is 31.2 Å². The summed E-state index contributed by atoms with van der Waals surface area (Å²) in [6, 6.07) is 6.74. The lowest BCUT2D eigenvalue weighted by Crippen LogP contribution is -2.34. The molecular weight excluding hydrogens is 238 g/mol. The van der Waals surface area contributed by atoms with E-state index in [0.717, 1.165) is 0 Å². The normalized spacial score (nSPS) is 29.8. The summed E-state index contributed by atoms with van der Waals surface area (Å²) >= 11 is 3.57. The third-order valence-electron chi connectivity index (χ3n) is 3.65. The van der Waals surface area contributed by atoms with Crippen LogP contribution in [0.3, 0.4) is 0 Å². The summed E-state index contributed by atoms with van der Waals surface area (Å²) in [4.78, 5) is 0. The maximum atomic E-state index is 3.69. The zero-order valence-corrected chi connectivity index (χ0v) is 9.73. The Kier molecular flexibility index (Phi) is 1.96. The van der Waals surface area contributed by atoms with Crippen molar-refractivity contribution in [2.75, 3.05) is 6.54 Å². The van der Waals surface area contributed by atoms with Crippen molar-refractivity contribution in [3.05, 3.63) is 33.8 Å². The number of halogens is 1. The molecule has 0 amide bonds. The first-order chi connectivity index (χ1) is 6.80. The van der Waals surface area contributed by atoms with Gasteiger partial charge < -0.3 is 5.32 Å². The van der Waals surface area contributed by atoms with Gasteiger partial charge in [0.05, 0.1) is 0 Å². The van der Waals surface area contributed by atoms with Crippen molar-refractivity contribution in [3.8, 4) is 0 Å². The van der Waals surface area contributed by atoms with Crippen LogP contribution in [-0.2, 0) is 12.0 Å². The van der Waals surface area contributed by atoms with Gasteiger partial charge in [0.2, 0.25) is 0 Å². The molecule has 1 aliphatic heterocycles. The van der Waals surface area contributed by atoms with Gasteiger partial charge in [-0.05, 0) is 55.5 Å². The van der Waals surface area contributed by atoms with Gasteiger partial charge in [0.1, 0.15) is 0 Å². The van der Waals surface area contributed by atoms with Crippen LogP contribution >= 0.6 is 15.9 Å². The van der Waals surface area contributed by atoms with Gasteiger partial charge in [-0.3, -0.25) is 0 Å². The SMILES string of the molecule is Brc1ccc2c(c1)[C@@]1(CCCN1)CC2. The fourth-order valence-electron chi connectivity index (χ4n) is 2.94. The van der Waals surface area contributed by atoms with Gasteiger partial charge in [-0.15, -0.1) is 0 Å². The monoisotopic (exact) mass is 251 g/mol. The zero-order valence-electron chi connectivity index (χ0n) is 8.15. The highest BCUT2D eigenvalue weighted by Crippen LogP contribution is 2.43. The van der Waals surface area contributed by atoms with Crippen molar-refractivity contribution in [1.29, 1.82) is 0 Å². The lowest BCUT2D eigenvalue weighted by molar-refractivity contribution is 0.389. The second-order valence-electron chi connectivity index (χ2n) is 4.41. The summed E-state index contributed by atoms with van der Waals surface area (Å²) < 4.78 is 1.21. The van der Waals surface area contributed by atoms with Crippen LogP contribution < -0.4 is 5.32 Å². The van der Waals surface area contributed by atoms with E-state index in [2.05, 4.69) is 39.4 Å². The van der Waals surface area contributed by atoms with Crippen molar-refractivity contribution in [2.24, 2.45) is 0 Å². The highest BCUT2D eigenvalue weighted by atomic mass is 79.9. The van der Waals surface area contributed by atoms with Crippen LogP contribution in [0.4, 0.5) is 0 Å². The number of hydrogen-bond donors (Lipinski definition) is 1. The van der Waals surface area contributed by atoms with E-state index in [9.17, 15) is 0 Å². The fourth-order valence-corrected chi connectivity index (χ4v) is 3.31. The van der Waals surface area contributed by atoms with E-state index in [1.807, 2.05) is 0 Å². The van der Waals surface area contributed by atoms with Crippen LogP contribution in [0.1, 0.15) is 30.4 Å². The van der Waals surface area contributed by atoms with E-state index in [1.54, 1.807) is 11.1 Å². The Bertz CT molecular complexity index is 367. The third-order valence-corrected chi connectivity index (χ3v) is 4.15. The predicted molar refractivity (Wildman–Crippen MR) is 61.4 cm³/mol. The molecular formula is C12H14BrN. The topological polar surface area (TPSA) is 12.0 Å². The standard InChI is InChI=1S/C12H14BrN/c13-10-3-2-9-4-6-12(11(9)8-10)5-1-7-14-12/h2-3,8,14H,1,4-7H2/t12-/m1/s1. The first-order valence-corrected chi connectivity index (χ1v) is 6.13. The van der Waals surface area contributed by atoms with E-state index in [-0.39, 0.29) is 0 Å². The van der Waals surface area contributed by atoms with Gasteiger partial charge in [-0.2, -0.15) is 0 Å². The number of hydrogen-bond acceptors (Lipinski definition) is 1. The molecule has 0 radical (unpaired) electrons. The van der Waals surface area contributed by atoms with Crippen molar-refractivity contribution in [3.63, 3.8) is 0 Å². The molecule has 1 N–H and O–H groups in total. The molecule has 3 rings (SSSR count). The average Bonchev–Trinajstić information content (AvgIpc) is 2.77. The molecule has 1 aromatic rings. The smallest absolute Gasteiger partial charge is 0.0441 e. The number of rotatable bonds is 0. The number of fused-ring (bicyclic) bond motifs is 2. The first kappa shape index (κ1) is 8.93. The summed E-state index contributed by atoms with van der Waals surface area (Å²) in [5.41, 5.74) is 3.42. The van der Waals surface area contributed by atoms with Crippen LogP contribution in [0.2, 0.25) is 0 Å². The van der Waals surface area contributed by atoms with Crippen molar-refractivity contribution >= 4 is 15.9 Å². The molecule has 74 valence electrons. The summed E-state index contributed by atoms with van der Waals surface area (Å²) in [5.74, 6) is 0. The van der Waals surface area contributed by atoms with Crippen molar-refractivity contribution < 1.29 is 0 Å². The number of nitrogens with one attached hydrogen (secondary N) is 1. The lowest BCUT2D eigenvalue weighted by atomic mass is 9.90. The summed E-state index contributed by atoms with van der Waals surface area (Å²) in [7, 11) is 0. The van der Waals surface area contributed by atoms with Crippen LogP contribution in [0.5, 0.6) is 0 Å². The number of aryl methyl sites for hydroxylation is 1. The molecule has 1 spiro atoms. The minimum atomic E-state index is 0.332.